The highest BCUT2D eigenvalue weighted by atomic mass is 19.4. The van der Waals surface area contributed by atoms with Gasteiger partial charge in [-0.15, -0.1) is 0 Å². The van der Waals surface area contributed by atoms with Gasteiger partial charge in [-0.3, -0.25) is 4.79 Å². The molecule has 19 heavy (non-hydrogen) atoms. The highest BCUT2D eigenvalue weighted by Crippen LogP contribution is 2.16. The largest absolute Gasteiger partial charge is 0.411 e. The first-order valence-corrected chi connectivity index (χ1v) is 5.53. The Kier molecular flexibility index (Phi) is 5.31. The number of carbonyl (C=O) groups excluding carboxylic acids is 1. The Labute approximate surface area is 108 Å². The zero-order valence-corrected chi connectivity index (χ0v) is 10.4. The molecule has 1 amide bonds. The average molecular weight is 276 g/mol. The first-order valence-electron chi connectivity index (χ1n) is 5.53. The van der Waals surface area contributed by atoms with E-state index in [1.54, 1.807) is 24.3 Å². The van der Waals surface area contributed by atoms with E-state index in [9.17, 15) is 18.0 Å². The number of halogens is 3. The third-order valence-corrected chi connectivity index (χ3v) is 2.40. The Morgan fingerprint density at radius 1 is 1.42 bits per heavy atom. The van der Waals surface area contributed by atoms with Crippen LogP contribution >= 0.6 is 0 Å². The Hall–Kier alpha value is -1.60. The van der Waals surface area contributed by atoms with Crippen LogP contribution in [0.1, 0.15) is 5.56 Å². The lowest BCUT2D eigenvalue weighted by molar-refractivity contribution is -0.175. The molecule has 4 nitrogen and oxygen atoms in total. The van der Waals surface area contributed by atoms with Crippen molar-refractivity contribution in [2.24, 2.45) is 5.73 Å². The van der Waals surface area contributed by atoms with E-state index in [2.05, 4.69) is 4.74 Å². The summed E-state index contributed by atoms with van der Waals surface area (Å²) in [6, 6.07) is 6.88. The van der Waals surface area contributed by atoms with Crippen molar-refractivity contribution in [3.63, 3.8) is 0 Å². The minimum atomic E-state index is -4.43. The van der Waals surface area contributed by atoms with Crippen LogP contribution in [0.15, 0.2) is 24.3 Å². The number of carbonyl (C=O) groups is 1. The molecule has 0 unspecified atom stereocenters. The van der Waals surface area contributed by atoms with Crippen LogP contribution < -0.4 is 10.6 Å². The van der Waals surface area contributed by atoms with Gasteiger partial charge in [0.05, 0.1) is 0 Å². The van der Waals surface area contributed by atoms with E-state index in [1.165, 1.54) is 11.9 Å². The third-order valence-electron chi connectivity index (χ3n) is 2.40. The van der Waals surface area contributed by atoms with Gasteiger partial charge in [0, 0.05) is 19.3 Å². The van der Waals surface area contributed by atoms with E-state index < -0.39 is 25.3 Å². The van der Waals surface area contributed by atoms with Crippen LogP contribution in [0.5, 0.6) is 0 Å². The maximum Gasteiger partial charge on any atom is 0.411 e. The molecule has 0 bridgehead atoms. The fourth-order valence-electron chi connectivity index (χ4n) is 1.39. The number of benzene rings is 1. The first-order chi connectivity index (χ1) is 8.83. The molecule has 0 aliphatic rings. The van der Waals surface area contributed by atoms with Crippen LogP contribution in [0.3, 0.4) is 0 Å². The van der Waals surface area contributed by atoms with E-state index >= 15 is 0 Å². The van der Waals surface area contributed by atoms with E-state index in [4.69, 9.17) is 5.73 Å². The molecule has 0 saturated carbocycles. The summed E-state index contributed by atoms with van der Waals surface area (Å²) in [7, 11) is 1.47. The summed E-state index contributed by atoms with van der Waals surface area (Å²) >= 11 is 0. The van der Waals surface area contributed by atoms with Crippen molar-refractivity contribution in [3.8, 4) is 0 Å². The normalized spacial score (nSPS) is 11.4. The lowest BCUT2D eigenvalue weighted by atomic mass is 10.2. The third kappa shape index (κ3) is 5.27. The van der Waals surface area contributed by atoms with Crippen molar-refractivity contribution in [2.45, 2.75) is 12.7 Å². The van der Waals surface area contributed by atoms with Gasteiger partial charge < -0.3 is 15.4 Å². The number of nitrogens with two attached hydrogens (primary N) is 1. The van der Waals surface area contributed by atoms with Gasteiger partial charge in [-0.1, -0.05) is 12.1 Å². The Bertz CT molecular complexity index is 435. The van der Waals surface area contributed by atoms with E-state index in [1.807, 2.05) is 0 Å². The molecule has 0 aliphatic heterocycles. The van der Waals surface area contributed by atoms with Crippen LogP contribution in [0, 0.1) is 0 Å². The van der Waals surface area contributed by atoms with Gasteiger partial charge in [0.2, 0.25) is 0 Å². The van der Waals surface area contributed by atoms with Gasteiger partial charge in [-0.05, 0) is 17.7 Å². The van der Waals surface area contributed by atoms with Crippen molar-refractivity contribution >= 4 is 11.6 Å². The molecule has 0 spiro atoms. The predicted molar refractivity (Wildman–Crippen MR) is 64.6 cm³/mol. The number of amides is 1. The molecule has 1 aromatic rings. The second-order valence-corrected chi connectivity index (χ2v) is 3.93. The second kappa shape index (κ2) is 6.53. The summed E-state index contributed by atoms with van der Waals surface area (Å²) in [5.41, 5.74) is 6.86. The monoisotopic (exact) mass is 276 g/mol. The summed E-state index contributed by atoms with van der Waals surface area (Å²) in [5, 5.41) is 0. The van der Waals surface area contributed by atoms with Gasteiger partial charge in [-0.25, -0.2) is 0 Å². The molecule has 0 heterocycles. The fraction of sp³-hybridized carbons (Fsp3) is 0.417. The molecular formula is C12H15F3N2O2. The molecule has 1 aromatic carbocycles. The Balaban J connectivity index is 2.56. The summed E-state index contributed by atoms with van der Waals surface area (Å²) in [4.78, 5) is 12.9. The molecule has 0 atom stereocenters. The molecule has 0 fully saturated rings. The van der Waals surface area contributed by atoms with Crippen molar-refractivity contribution in [1.29, 1.82) is 0 Å². The van der Waals surface area contributed by atoms with E-state index in [0.29, 0.717) is 12.2 Å². The smallest absolute Gasteiger partial charge is 0.362 e. The second-order valence-electron chi connectivity index (χ2n) is 3.93. The van der Waals surface area contributed by atoms with Crippen LogP contribution in [-0.4, -0.2) is 32.3 Å². The number of hydrogen-bond donors (Lipinski definition) is 1. The van der Waals surface area contributed by atoms with Crippen molar-refractivity contribution < 1.29 is 22.7 Å². The Morgan fingerprint density at radius 3 is 2.68 bits per heavy atom. The van der Waals surface area contributed by atoms with Crippen LogP contribution in [0.25, 0.3) is 0 Å². The molecule has 7 heteroatoms. The molecule has 0 saturated heterocycles. The molecule has 2 N–H and O–H groups in total. The van der Waals surface area contributed by atoms with E-state index in [0.717, 1.165) is 5.56 Å². The fourth-order valence-corrected chi connectivity index (χ4v) is 1.39. The lowest BCUT2D eigenvalue weighted by Crippen LogP contribution is -2.31. The zero-order valence-electron chi connectivity index (χ0n) is 10.4. The standard InChI is InChI=1S/C12H15F3N2O2/c1-17(10-4-2-3-9(5-10)6-16)11(18)7-19-8-12(13,14)15/h2-5H,6-8,16H2,1H3. The van der Waals surface area contributed by atoms with Crippen molar-refractivity contribution in [1.82, 2.24) is 0 Å². The highest BCUT2D eigenvalue weighted by molar-refractivity contribution is 5.93. The molecule has 1 rings (SSSR count). The maximum atomic E-state index is 11.9. The van der Waals surface area contributed by atoms with E-state index in [-0.39, 0.29) is 0 Å². The molecule has 0 aliphatic carbocycles. The first kappa shape index (κ1) is 15.5. The number of alkyl halides is 3. The average Bonchev–Trinajstić information content (AvgIpc) is 2.36. The van der Waals surface area contributed by atoms with Gasteiger partial charge in [0.1, 0.15) is 13.2 Å². The number of ether oxygens (including phenoxy) is 1. The number of nitrogens with zero attached hydrogens (tertiary/aromatic N) is 1. The van der Waals surface area contributed by atoms with Gasteiger partial charge in [0.15, 0.2) is 0 Å². The molecule has 0 aromatic heterocycles. The van der Waals surface area contributed by atoms with Gasteiger partial charge in [0.25, 0.3) is 5.91 Å². The van der Waals surface area contributed by atoms with Crippen LogP contribution in [0.2, 0.25) is 0 Å². The summed E-state index contributed by atoms with van der Waals surface area (Å²) in [6.07, 6.45) is -4.43. The molecule has 106 valence electrons. The minimum absolute atomic E-state index is 0.320. The van der Waals surface area contributed by atoms with Crippen LogP contribution in [0.4, 0.5) is 18.9 Å². The van der Waals surface area contributed by atoms with Gasteiger partial charge >= 0.3 is 6.18 Å². The van der Waals surface area contributed by atoms with Crippen LogP contribution in [-0.2, 0) is 16.1 Å². The van der Waals surface area contributed by atoms with Gasteiger partial charge in [-0.2, -0.15) is 13.2 Å². The number of anilines is 1. The summed E-state index contributed by atoms with van der Waals surface area (Å²) in [6.45, 7) is -1.74. The zero-order chi connectivity index (χ0) is 14.5. The topological polar surface area (TPSA) is 55.6 Å². The van der Waals surface area contributed by atoms with Crippen molar-refractivity contribution in [3.05, 3.63) is 29.8 Å². The highest BCUT2D eigenvalue weighted by Gasteiger charge is 2.28. The molecular weight excluding hydrogens is 261 g/mol. The number of hydrogen-bond acceptors (Lipinski definition) is 3. The predicted octanol–water partition coefficient (Wildman–Crippen LogP) is 1.69. The SMILES string of the molecule is CN(C(=O)COCC(F)(F)F)c1cccc(CN)c1. The maximum absolute atomic E-state index is 11.9. The number of likely N-dealkylation sites (N-methyl/N-ethyl adjacent to an activating group) is 1. The number of rotatable bonds is 5. The quantitative estimate of drug-likeness (QED) is 0.890. The molecule has 0 radical (unpaired) electrons. The Morgan fingerprint density at radius 2 is 2.11 bits per heavy atom. The van der Waals surface area contributed by atoms with Crippen molar-refractivity contribution in [2.75, 3.05) is 25.2 Å². The lowest BCUT2D eigenvalue weighted by Gasteiger charge is -2.18. The summed E-state index contributed by atoms with van der Waals surface area (Å²) in [5.74, 6) is -0.557. The summed E-state index contributed by atoms with van der Waals surface area (Å²) < 4.78 is 39.9. The minimum Gasteiger partial charge on any atom is -0.362 e.